The Morgan fingerprint density at radius 2 is 2.00 bits per heavy atom. The first-order valence-corrected chi connectivity index (χ1v) is 7.98. The summed E-state index contributed by atoms with van der Waals surface area (Å²) >= 11 is 0. The minimum atomic E-state index is -0.990. The molecule has 0 aromatic heterocycles. The molecule has 2 aromatic carbocycles. The monoisotopic (exact) mass is 310 g/mol. The molecule has 0 saturated carbocycles. The van der Waals surface area contributed by atoms with Crippen molar-refractivity contribution in [2.24, 2.45) is 0 Å². The summed E-state index contributed by atoms with van der Waals surface area (Å²) in [6.07, 6.45) is 1.21. The third-order valence-corrected chi connectivity index (χ3v) is 4.45. The number of carbonyl (C=O) groups is 1. The molecule has 0 saturated heterocycles. The fourth-order valence-electron chi connectivity index (χ4n) is 3.40. The Morgan fingerprint density at radius 1 is 1.17 bits per heavy atom. The van der Waals surface area contributed by atoms with Gasteiger partial charge in [0.05, 0.1) is 6.61 Å². The average molecular weight is 310 g/mol. The van der Waals surface area contributed by atoms with Crippen LogP contribution in [0.15, 0.2) is 42.5 Å². The number of hydrogen-bond donors (Lipinski definition) is 0. The maximum Gasteiger partial charge on any atom is 0.389 e. The molecule has 4 rings (SSSR count). The zero-order valence-corrected chi connectivity index (χ0v) is 13.0. The standard InChI is InChI=1S/C19H18O4/c1-2-21-18(20)19-22-16-10-8-13(11-17(16)23-19)15-9-7-12-5-3-4-6-14(12)15/h3-6,8,10-11,15,19H,2,7,9H2,1H3/t15-,19-/m0/s1. The molecule has 23 heavy (non-hydrogen) atoms. The number of hydrogen-bond acceptors (Lipinski definition) is 4. The lowest BCUT2D eigenvalue weighted by molar-refractivity contribution is -0.161. The SMILES string of the molecule is CCOC(=O)[C@H]1Oc2ccc([C@@H]3CCc4ccccc43)cc2O1. The van der Waals surface area contributed by atoms with E-state index >= 15 is 0 Å². The summed E-state index contributed by atoms with van der Waals surface area (Å²) in [5.41, 5.74) is 4.00. The smallest absolute Gasteiger partial charge is 0.389 e. The number of fused-ring (bicyclic) bond motifs is 2. The van der Waals surface area contributed by atoms with Gasteiger partial charge in [0, 0.05) is 5.92 Å². The molecule has 2 aliphatic rings. The summed E-state index contributed by atoms with van der Waals surface area (Å²) in [5, 5.41) is 0. The van der Waals surface area contributed by atoms with Gasteiger partial charge in [-0.3, -0.25) is 0 Å². The highest BCUT2D eigenvalue weighted by atomic mass is 16.7. The first kappa shape index (κ1) is 14.1. The second-order valence-corrected chi connectivity index (χ2v) is 5.82. The maximum atomic E-state index is 11.7. The Hall–Kier alpha value is -2.49. The largest absolute Gasteiger partial charge is 0.460 e. The Morgan fingerprint density at radius 3 is 2.87 bits per heavy atom. The second-order valence-electron chi connectivity index (χ2n) is 5.82. The van der Waals surface area contributed by atoms with E-state index in [9.17, 15) is 4.79 Å². The van der Waals surface area contributed by atoms with Crippen molar-refractivity contribution < 1.29 is 19.0 Å². The van der Waals surface area contributed by atoms with Gasteiger partial charge in [0.15, 0.2) is 11.5 Å². The Balaban J connectivity index is 1.59. The number of esters is 1. The van der Waals surface area contributed by atoms with Crippen LogP contribution in [0.4, 0.5) is 0 Å². The Bertz CT molecular complexity index is 753. The Kier molecular flexibility index (Phi) is 3.45. The predicted octanol–water partition coefficient (Wildman–Crippen LogP) is 3.43. The van der Waals surface area contributed by atoms with E-state index in [1.807, 2.05) is 12.1 Å². The molecule has 2 atom stereocenters. The minimum Gasteiger partial charge on any atom is -0.460 e. The number of rotatable bonds is 3. The third-order valence-electron chi connectivity index (χ3n) is 4.45. The third kappa shape index (κ3) is 2.44. The van der Waals surface area contributed by atoms with E-state index in [0.29, 0.717) is 24.0 Å². The van der Waals surface area contributed by atoms with Gasteiger partial charge in [0.2, 0.25) is 0 Å². The molecule has 0 unspecified atom stereocenters. The van der Waals surface area contributed by atoms with Crippen LogP contribution in [-0.4, -0.2) is 18.9 Å². The molecular weight excluding hydrogens is 292 g/mol. The number of ether oxygens (including phenoxy) is 3. The van der Waals surface area contributed by atoms with Crippen molar-refractivity contribution >= 4 is 5.97 Å². The molecule has 1 aliphatic carbocycles. The van der Waals surface area contributed by atoms with Crippen molar-refractivity contribution in [3.8, 4) is 11.5 Å². The van der Waals surface area contributed by atoms with Gasteiger partial charge in [-0.15, -0.1) is 0 Å². The van der Waals surface area contributed by atoms with Crippen LogP contribution in [-0.2, 0) is 16.0 Å². The van der Waals surface area contributed by atoms with Crippen molar-refractivity contribution in [1.82, 2.24) is 0 Å². The molecule has 0 bridgehead atoms. The fraction of sp³-hybridized carbons (Fsp3) is 0.316. The van der Waals surface area contributed by atoms with Crippen molar-refractivity contribution in [2.75, 3.05) is 6.61 Å². The second kappa shape index (κ2) is 5.61. The summed E-state index contributed by atoms with van der Waals surface area (Å²) < 4.78 is 16.1. The minimum absolute atomic E-state index is 0.308. The number of carbonyl (C=O) groups excluding carboxylic acids is 1. The van der Waals surface area contributed by atoms with Gasteiger partial charge in [-0.05, 0) is 48.6 Å². The highest BCUT2D eigenvalue weighted by Crippen LogP contribution is 2.42. The van der Waals surface area contributed by atoms with Crippen LogP contribution in [0, 0.1) is 0 Å². The van der Waals surface area contributed by atoms with Gasteiger partial charge in [-0.2, -0.15) is 0 Å². The molecule has 0 radical (unpaired) electrons. The summed E-state index contributed by atoms with van der Waals surface area (Å²) in [6.45, 7) is 2.07. The molecule has 0 fully saturated rings. The number of benzene rings is 2. The predicted molar refractivity (Wildman–Crippen MR) is 84.7 cm³/mol. The maximum absolute atomic E-state index is 11.7. The van der Waals surface area contributed by atoms with Crippen molar-refractivity contribution in [3.05, 3.63) is 59.2 Å². The molecule has 2 aromatic rings. The van der Waals surface area contributed by atoms with E-state index in [1.165, 1.54) is 16.7 Å². The van der Waals surface area contributed by atoms with Gasteiger partial charge in [-0.1, -0.05) is 30.3 Å². The normalized spacial score (nSPS) is 21.1. The highest BCUT2D eigenvalue weighted by Gasteiger charge is 2.33. The van der Waals surface area contributed by atoms with Gasteiger partial charge in [-0.25, -0.2) is 4.79 Å². The molecule has 1 heterocycles. The van der Waals surface area contributed by atoms with Crippen molar-refractivity contribution in [1.29, 1.82) is 0 Å². The van der Waals surface area contributed by atoms with Crippen LogP contribution in [0.1, 0.15) is 36.0 Å². The zero-order valence-electron chi connectivity index (χ0n) is 13.0. The zero-order chi connectivity index (χ0) is 15.8. The van der Waals surface area contributed by atoms with E-state index in [1.54, 1.807) is 6.92 Å². The molecular formula is C19H18O4. The number of aryl methyl sites for hydroxylation is 1. The highest BCUT2D eigenvalue weighted by molar-refractivity contribution is 5.75. The lowest BCUT2D eigenvalue weighted by Gasteiger charge is -2.12. The summed E-state index contributed by atoms with van der Waals surface area (Å²) in [5.74, 6) is 1.10. The van der Waals surface area contributed by atoms with Crippen molar-refractivity contribution in [2.45, 2.75) is 32.0 Å². The van der Waals surface area contributed by atoms with E-state index in [-0.39, 0.29) is 0 Å². The molecule has 4 heteroatoms. The van der Waals surface area contributed by atoms with E-state index < -0.39 is 12.3 Å². The van der Waals surface area contributed by atoms with Crippen molar-refractivity contribution in [3.63, 3.8) is 0 Å². The van der Waals surface area contributed by atoms with E-state index in [2.05, 4.69) is 30.3 Å². The topological polar surface area (TPSA) is 44.8 Å². The summed E-state index contributed by atoms with van der Waals surface area (Å²) in [4.78, 5) is 11.7. The van der Waals surface area contributed by atoms with Crippen LogP contribution in [0.3, 0.4) is 0 Å². The van der Waals surface area contributed by atoms with Crippen LogP contribution < -0.4 is 9.47 Å². The molecule has 0 N–H and O–H groups in total. The van der Waals surface area contributed by atoms with Gasteiger partial charge in [0.1, 0.15) is 0 Å². The van der Waals surface area contributed by atoms with Crippen LogP contribution in [0.2, 0.25) is 0 Å². The lowest BCUT2D eigenvalue weighted by Crippen LogP contribution is -2.30. The molecule has 118 valence electrons. The van der Waals surface area contributed by atoms with E-state index in [0.717, 1.165) is 12.8 Å². The summed E-state index contributed by atoms with van der Waals surface area (Å²) in [7, 11) is 0. The van der Waals surface area contributed by atoms with Crippen LogP contribution in [0.5, 0.6) is 11.5 Å². The lowest BCUT2D eigenvalue weighted by atomic mass is 9.93. The average Bonchev–Trinajstić information content (AvgIpc) is 3.18. The van der Waals surface area contributed by atoms with Gasteiger partial charge >= 0.3 is 12.3 Å². The first-order valence-electron chi connectivity index (χ1n) is 7.98. The molecule has 1 aliphatic heterocycles. The van der Waals surface area contributed by atoms with Crippen LogP contribution >= 0.6 is 0 Å². The Labute approximate surface area is 135 Å². The van der Waals surface area contributed by atoms with Gasteiger partial charge < -0.3 is 14.2 Å². The summed E-state index contributed by atoms with van der Waals surface area (Å²) in [6, 6.07) is 14.5. The molecule has 0 amide bonds. The van der Waals surface area contributed by atoms with Crippen LogP contribution in [0.25, 0.3) is 0 Å². The first-order chi connectivity index (χ1) is 11.3. The fourth-order valence-corrected chi connectivity index (χ4v) is 3.40. The van der Waals surface area contributed by atoms with Gasteiger partial charge in [0.25, 0.3) is 0 Å². The van der Waals surface area contributed by atoms with E-state index in [4.69, 9.17) is 14.2 Å². The molecule has 0 spiro atoms. The quantitative estimate of drug-likeness (QED) is 0.815. The molecule has 4 nitrogen and oxygen atoms in total.